The van der Waals surface area contributed by atoms with E-state index in [1.165, 1.54) is 0 Å². The van der Waals surface area contributed by atoms with E-state index in [9.17, 15) is 4.79 Å². The number of nitrogens with zero attached hydrogens (tertiary/aromatic N) is 4. The first kappa shape index (κ1) is 17.6. The number of thioether (sulfide) groups is 1. The Balaban J connectivity index is 0.000000847. The molecule has 3 rings (SSSR count). The van der Waals surface area contributed by atoms with Crippen LogP contribution in [0.2, 0.25) is 5.02 Å². The number of fused-ring (bicyclic) bond motifs is 1. The molecule has 0 saturated carbocycles. The highest BCUT2D eigenvalue weighted by Gasteiger charge is 2.27. The average Bonchev–Trinajstić information content (AvgIpc) is 2.74. The minimum absolute atomic E-state index is 0.0153. The summed E-state index contributed by atoms with van der Waals surface area (Å²) in [5, 5.41) is 5.02. The summed E-state index contributed by atoms with van der Waals surface area (Å²) in [5.74, 6) is 1.98. The van der Waals surface area contributed by atoms with Crippen molar-refractivity contribution in [1.82, 2.24) is 19.6 Å². The Morgan fingerprint density at radius 1 is 1.18 bits per heavy atom. The molecule has 0 unspecified atom stereocenters. The monoisotopic (exact) mass is 344 g/mol. The van der Waals surface area contributed by atoms with E-state index in [1.807, 2.05) is 35.2 Å². The van der Waals surface area contributed by atoms with E-state index in [1.54, 1.807) is 0 Å². The molecular weight excluding hydrogens is 320 g/mol. The van der Waals surface area contributed by atoms with E-state index in [0.717, 1.165) is 56.3 Å². The van der Waals surface area contributed by atoms with Crippen molar-refractivity contribution >= 4 is 29.3 Å². The molecule has 2 aliphatic heterocycles. The maximum absolute atomic E-state index is 12.5. The van der Waals surface area contributed by atoms with Gasteiger partial charge < -0.3 is 9.80 Å². The van der Waals surface area contributed by atoms with Crippen LogP contribution in [0.1, 0.15) is 36.5 Å². The highest BCUT2D eigenvalue weighted by Crippen LogP contribution is 2.26. The Bertz CT molecular complexity index is 514. The van der Waals surface area contributed by atoms with Crippen LogP contribution in [0, 0.1) is 0 Å². The Morgan fingerprint density at radius 3 is 2.55 bits per heavy atom. The third kappa shape index (κ3) is 3.78. The minimum Gasteiger partial charge on any atom is -0.336 e. The second-order valence-electron chi connectivity index (χ2n) is 5.33. The summed E-state index contributed by atoms with van der Waals surface area (Å²) in [6.07, 6.45) is 1.04. The summed E-state index contributed by atoms with van der Waals surface area (Å²) in [6.45, 7) is 8.22. The number of aromatic nitrogens is 2. The topological polar surface area (TPSA) is 41.4 Å². The predicted molar refractivity (Wildman–Crippen MR) is 92.8 cm³/mol. The number of amides is 1. The smallest absolute Gasteiger partial charge is 0.275 e. The van der Waals surface area contributed by atoms with E-state index in [0.29, 0.717) is 10.7 Å². The second kappa shape index (κ2) is 8.22. The van der Waals surface area contributed by atoms with Gasteiger partial charge in [-0.15, -0.1) is 0 Å². The molecule has 0 atom stereocenters. The summed E-state index contributed by atoms with van der Waals surface area (Å²) in [4.78, 5) is 16.6. The third-order valence-electron chi connectivity index (χ3n) is 3.82. The molecule has 1 fully saturated rings. The fraction of sp³-hybridized carbons (Fsp3) is 0.733. The van der Waals surface area contributed by atoms with Crippen molar-refractivity contribution in [1.29, 1.82) is 0 Å². The zero-order chi connectivity index (χ0) is 16.1. The molecule has 3 heterocycles. The van der Waals surface area contributed by atoms with Crippen molar-refractivity contribution < 1.29 is 4.79 Å². The van der Waals surface area contributed by atoms with Crippen molar-refractivity contribution in [2.75, 3.05) is 38.2 Å². The Labute approximate surface area is 142 Å². The molecule has 22 heavy (non-hydrogen) atoms. The van der Waals surface area contributed by atoms with Gasteiger partial charge in [0, 0.05) is 44.2 Å². The van der Waals surface area contributed by atoms with Crippen molar-refractivity contribution in [2.24, 2.45) is 0 Å². The summed E-state index contributed by atoms with van der Waals surface area (Å²) < 4.78 is 1.91. The van der Waals surface area contributed by atoms with Crippen LogP contribution < -0.4 is 0 Å². The lowest BCUT2D eigenvalue weighted by molar-refractivity contribution is 0.0765. The molecule has 1 amide bonds. The summed E-state index contributed by atoms with van der Waals surface area (Å²) >= 11 is 8.32. The summed E-state index contributed by atoms with van der Waals surface area (Å²) in [6, 6.07) is 0. The molecule has 1 aromatic rings. The van der Waals surface area contributed by atoms with E-state index in [-0.39, 0.29) is 5.91 Å². The number of rotatable bonds is 1. The predicted octanol–water partition coefficient (Wildman–Crippen LogP) is 2.59. The van der Waals surface area contributed by atoms with Gasteiger partial charge in [-0.05, 0) is 13.5 Å². The fourth-order valence-electron chi connectivity index (χ4n) is 2.69. The van der Waals surface area contributed by atoms with E-state index < -0.39 is 0 Å². The zero-order valence-corrected chi connectivity index (χ0v) is 15.2. The van der Waals surface area contributed by atoms with E-state index in [2.05, 4.69) is 17.0 Å². The molecule has 0 bridgehead atoms. The SMILES string of the molecule is CC.CN1CCCn2nc(C(=O)N3CCSCC3)c(Cl)c2C1. The van der Waals surface area contributed by atoms with Gasteiger partial charge in [-0.2, -0.15) is 16.9 Å². The van der Waals surface area contributed by atoms with Gasteiger partial charge in [-0.1, -0.05) is 25.4 Å². The second-order valence-corrected chi connectivity index (χ2v) is 6.93. The largest absolute Gasteiger partial charge is 0.336 e. The van der Waals surface area contributed by atoms with Crippen LogP contribution in [0.4, 0.5) is 0 Å². The van der Waals surface area contributed by atoms with Gasteiger partial charge in [0.2, 0.25) is 0 Å². The first-order chi connectivity index (χ1) is 10.7. The fourth-order valence-corrected chi connectivity index (χ4v) is 3.87. The van der Waals surface area contributed by atoms with Crippen molar-refractivity contribution in [3.63, 3.8) is 0 Å². The minimum atomic E-state index is -0.0153. The van der Waals surface area contributed by atoms with Crippen LogP contribution in [-0.4, -0.2) is 63.7 Å². The summed E-state index contributed by atoms with van der Waals surface area (Å²) in [5.41, 5.74) is 1.41. The van der Waals surface area contributed by atoms with Crippen LogP contribution in [0.3, 0.4) is 0 Å². The number of hydrogen-bond donors (Lipinski definition) is 0. The molecule has 124 valence electrons. The lowest BCUT2D eigenvalue weighted by Gasteiger charge is -2.25. The number of aryl methyl sites for hydroxylation is 1. The Morgan fingerprint density at radius 2 is 1.86 bits per heavy atom. The molecule has 0 N–H and O–H groups in total. The molecular formula is C15H25ClN4OS. The lowest BCUT2D eigenvalue weighted by atomic mass is 10.3. The number of hydrogen-bond acceptors (Lipinski definition) is 4. The molecule has 0 aliphatic carbocycles. The van der Waals surface area contributed by atoms with Gasteiger partial charge in [-0.25, -0.2) is 0 Å². The van der Waals surface area contributed by atoms with Gasteiger partial charge in [0.25, 0.3) is 5.91 Å². The van der Waals surface area contributed by atoms with Gasteiger partial charge in [0.1, 0.15) is 0 Å². The third-order valence-corrected chi connectivity index (χ3v) is 5.16. The van der Waals surface area contributed by atoms with Gasteiger partial charge in [0.15, 0.2) is 5.69 Å². The first-order valence-electron chi connectivity index (χ1n) is 7.97. The quantitative estimate of drug-likeness (QED) is 0.785. The Kier molecular flexibility index (Phi) is 6.59. The normalized spacial score (nSPS) is 19.0. The number of carbonyl (C=O) groups is 1. The first-order valence-corrected chi connectivity index (χ1v) is 9.51. The standard InChI is InChI=1S/C13H19ClN4OS.C2H6/c1-16-3-2-4-18-10(9-16)11(14)12(15-18)13(19)17-5-7-20-8-6-17;1-2/h2-9H2,1H3;1-2H3. The zero-order valence-electron chi connectivity index (χ0n) is 13.6. The molecule has 1 saturated heterocycles. The Hall–Kier alpha value is -0.720. The van der Waals surface area contributed by atoms with Gasteiger partial charge in [0.05, 0.1) is 10.7 Å². The maximum atomic E-state index is 12.5. The van der Waals surface area contributed by atoms with Gasteiger partial charge >= 0.3 is 0 Å². The molecule has 0 radical (unpaired) electrons. The highest BCUT2D eigenvalue weighted by atomic mass is 35.5. The van der Waals surface area contributed by atoms with E-state index in [4.69, 9.17) is 11.6 Å². The van der Waals surface area contributed by atoms with Crippen molar-refractivity contribution in [3.05, 3.63) is 16.4 Å². The van der Waals surface area contributed by atoms with Crippen molar-refractivity contribution in [2.45, 2.75) is 33.4 Å². The molecule has 0 spiro atoms. The van der Waals surface area contributed by atoms with Crippen molar-refractivity contribution in [3.8, 4) is 0 Å². The van der Waals surface area contributed by atoms with E-state index >= 15 is 0 Å². The highest BCUT2D eigenvalue weighted by molar-refractivity contribution is 7.99. The van der Waals surface area contributed by atoms with Crippen LogP contribution in [0.5, 0.6) is 0 Å². The lowest BCUT2D eigenvalue weighted by Crippen LogP contribution is -2.38. The van der Waals surface area contributed by atoms with Crippen LogP contribution in [0.25, 0.3) is 0 Å². The number of halogens is 1. The molecule has 2 aliphatic rings. The number of carbonyl (C=O) groups excluding carboxylic acids is 1. The average molecular weight is 345 g/mol. The van der Waals surface area contributed by atoms with Crippen LogP contribution >= 0.6 is 23.4 Å². The molecule has 7 heteroatoms. The molecule has 0 aromatic carbocycles. The molecule has 1 aromatic heterocycles. The summed E-state index contributed by atoms with van der Waals surface area (Å²) in [7, 11) is 2.07. The van der Waals surface area contributed by atoms with Crippen LogP contribution in [-0.2, 0) is 13.1 Å². The van der Waals surface area contributed by atoms with Crippen LogP contribution in [0.15, 0.2) is 0 Å². The maximum Gasteiger partial charge on any atom is 0.275 e. The van der Waals surface area contributed by atoms with Gasteiger partial charge in [-0.3, -0.25) is 9.48 Å². The molecule has 5 nitrogen and oxygen atoms in total.